The van der Waals surface area contributed by atoms with Crippen molar-refractivity contribution in [2.75, 3.05) is 5.43 Å². The van der Waals surface area contributed by atoms with Gasteiger partial charge in [0.05, 0.1) is 0 Å². The average Bonchev–Trinajstić information content (AvgIpc) is 2.72. The second-order valence-electron chi connectivity index (χ2n) is 3.55. The first kappa shape index (κ1) is 12.4. The number of urea groups is 2. The number of azo groups is 1. The van der Waals surface area contributed by atoms with Crippen LogP contribution in [0.3, 0.4) is 0 Å². The summed E-state index contributed by atoms with van der Waals surface area (Å²) in [6, 6.07) is 5.53. The third-order valence-electron chi connectivity index (χ3n) is 2.25. The second-order valence-corrected chi connectivity index (χ2v) is 3.55. The molecule has 9 nitrogen and oxygen atoms in total. The number of hydrogen-bond donors (Lipinski definition) is 5. The van der Waals surface area contributed by atoms with Crippen LogP contribution in [0, 0.1) is 0 Å². The minimum atomic E-state index is -0.900. The number of hydrogen-bond acceptors (Lipinski definition) is 4. The molecule has 1 aromatic carbocycles. The van der Waals surface area contributed by atoms with Crippen molar-refractivity contribution in [1.82, 2.24) is 10.4 Å². The lowest BCUT2D eigenvalue weighted by atomic mass is 10.2. The minimum absolute atomic E-state index is 0.336. The van der Waals surface area contributed by atoms with Crippen molar-refractivity contribution >= 4 is 34.5 Å². The molecule has 0 fully saturated rings. The van der Waals surface area contributed by atoms with Gasteiger partial charge in [-0.25, -0.2) is 9.59 Å². The molecular weight excluding hydrogens is 250 g/mol. The maximum atomic E-state index is 10.7. The zero-order valence-electron chi connectivity index (χ0n) is 9.68. The minimum Gasteiger partial charge on any atom is -0.350 e. The zero-order chi connectivity index (χ0) is 13.8. The lowest BCUT2D eigenvalue weighted by Gasteiger charge is -2.03. The summed E-state index contributed by atoms with van der Waals surface area (Å²) in [5.41, 5.74) is 14.7. The summed E-state index contributed by atoms with van der Waals surface area (Å²) in [4.78, 5) is 24.1. The molecule has 0 radical (unpaired) electrons. The van der Waals surface area contributed by atoms with Gasteiger partial charge in [-0.05, 0) is 0 Å². The van der Waals surface area contributed by atoms with Gasteiger partial charge in [-0.2, -0.15) is 0 Å². The lowest BCUT2D eigenvalue weighted by molar-refractivity contribution is 0.250. The molecule has 19 heavy (non-hydrogen) atoms. The molecule has 0 aliphatic carbocycles. The van der Waals surface area contributed by atoms with Crippen LogP contribution in [-0.2, 0) is 0 Å². The van der Waals surface area contributed by atoms with Gasteiger partial charge >= 0.3 is 12.1 Å². The van der Waals surface area contributed by atoms with Crippen LogP contribution in [0.15, 0.2) is 34.5 Å². The lowest BCUT2D eigenvalue weighted by Crippen LogP contribution is -2.34. The molecule has 0 bridgehead atoms. The number of benzene rings is 1. The Balaban J connectivity index is 2.42. The van der Waals surface area contributed by atoms with Crippen LogP contribution < -0.4 is 22.3 Å². The summed E-state index contributed by atoms with van der Waals surface area (Å²) in [6.45, 7) is 0. The number of primary amides is 2. The van der Waals surface area contributed by atoms with E-state index in [-0.39, 0.29) is 0 Å². The molecule has 9 heteroatoms. The highest BCUT2D eigenvalue weighted by atomic mass is 16.2. The number of aromatic amines is 1. The van der Waals surface area contributed by atoms with Crippen molar-refractivity contribution in [1.29, 1.82) is 0 Å². The maximum Gasteiger partial charge on any atom is 0.357 e. The maximum absolute atomic E-state index is 10.7. The number of fused-ring (bicyclic) bond motifs is 1. The number of carbonyl (C=O) groups excluding carboxylic acids is 2. The normalized spacial score (nSPS) is 10.7. The highest BCUT2D eigenvalue weighted by Crippen LogP contribution is 2.31. The Bertz CT molecular complexity index is 661. The van der Waals surface area contributed by atoms with Crippen molar-refractivity contribution in [2.45, 2.75) is 0 Å². The molecule has 0 saturated carbocycles. The van der Waals surface area contributed by atoms with E-state index in [1.165, 1.54) is 0 Å². The molecular formula is C10H11N7O2. The van der Waals surface area contributed by atoms with Gasteiger partial charge in [0, 0.05) is 10.8 Å². The summed E-state index contributed by atoms with van der Waals surface area (Å²) in [6.07, 6.45) is 0. The van der Waals surface area contributed by atoms with E-state index in [2.05, 4.69) is 26.1 Å². The summed E-state index contributed by atoms with van der Waals surface area (Å²) in [7, 11) is 0. The van der Waals surface area contributed by atoms with Crippen molar-refractivity contribution < 1.29 is 9.59 Å². The highest BCUT2D eigenvalue weighted by Gasteiger charge is 2.09. The first-order chi connectivity index (χ1) is 9.08. The third-order valence-corrected chi connectivity index (χ3v) is 2.25. The quantitative estimate of drug-likeness (QED) is 0.418. The van der Waals surface area contributed by atoms with Gasteiger partial charge in [0.1, 0.15) is 5.82 Å². The van der Waals surface area contributed by atoms with E-state index in [0.29, 0.717) is 17.0 Å². The fourth-order valence-corrected chi connectivity index (χ4v) is 1.56. The predicted octanol–water partition coefficient (Wildman–Crippen LogP) is 1.33. The Hall–Kier alpha value is -3.10. The summed E-state index contributed by atoms with van der Waals surface area (Å²) in [5.74, 6) is 0.802. The van der Waals surface area contributed by atoms with Crippen molar-refractivity contribution in [3.05, 3.63) is 24.3 Å². The van der Waals surface area contributed by atoms with E-state index in [0.717, 1.165) is 5.39 Å². The van der Waals surface area contributed by atoms with Crippen LogP contribution in [-0.4, -0.2) is 17.0 Å². The molecule has 98 valence electrons. The number of nitrogens with zero attached hydrogens (tertiary/aromatic N) is 2. The molecule has 0 saturated heterocycles. The molecule has 7 N–H and O–H groups in total. The monoisotopic (exact) mass is 261 g/mol. The fourth-order valence-electron chi connectivity index (χ4n) is 1.56. The van der Waals surface area contributed by atoms with Crippen molar-refractivity contribution in [3.8, 4) is 0 Å². The molecule has 0 aliphatic heterocycles. The van der Waals surface area contributed by atoms with Crippen LogP contribution in [0.2, 0.25) is 0 Å². The zero-order valence-corrected chi connectivity index (χ0v) is 9.68. The fraction of sp³-hybridized carbons (Fsp3) is 0. The number of nitrogens with two attached hydrogens (primary N) is 2. The van der Waals surface area contributed by atoms with Gasteiger partial charge < -0.3 is 16.5 Å². The second kappa shape index (κ2) is 5.04. The van der Waals surface area contributed by atoms with Gasteiger partial charge in [-0.1, -0.05) is 29.4 Å². The SMILES string of the molecule is NC(=O)/N=N/c1[nH]c(NNC(N)=O)c2ccccc12. The number of amides is 4. The molecule has 4 amide bonds. The summed E-state index contributed by atoms with van der Waals surface area (Å²) < 4.78 is 0. The molecule has 1 heterocycles. The molecule has 2 aromatic rings. The Morgan fingerprint density at radius 2 is 1.84 bits per heavy atom. The van der Waals surface area contributed by atoms with Crippen LogP contribution in [0.4, 0.5) is 21.2 Å². The average molecular weight is 261 g/mol. The number of anilines is 1. The summed E-state index contributed by atoms with van der Waals surface area (Å²) >= 11 is 0. The van der Waals surface area contributed by atoms with Crippen molar-refractivity contribution in [2.24, 2.45) is 21.7 Å². The van der Waals surface area contributed by atoms with Gasteiger partial charge in [-0.3, -0.25) is 10.9 Å². The Morgan fingerprint density at radius 1 is 1.16 bits per heavy atom. The first-order valence-corrected chi connectivity index (χ1v) is 5.21. The number of hydrazine groups is 1. The number of H-pyrrole nitrogens is 1. The Morgan fingerprint density at radius 3 is 2.47 bits per heavy atom. The molecule has 2 rings (SSSR count). The van der Waals surface area contributed by atoms with Gasteiger partial charge in [-0.15, -0.1) is 5.11 Å². The van der Waals surface area contributed by atoms with Crippen LogP contribution in [0.25, 0.3) is 10.8 Å². The van der Waals surface area contributed by atoms with Crippen LogP contribution >= 0.6 is 0 Å². The smallest absolute Gasteiger partial charge is 0.350 e. The van der Waals surface area contributed by atoms with E-state index >= 15 is 0 Å². The number of rotatable bonds is 3. The van der Waals surface area contributed by atoms with Crippen LogP contribution in [0.5, 0.6) is 0 Å². The Labute approximate surface area is 107 Å². The van der Waals surface area contributed by atoms with E-state index in [4.69, 9.17) is 11.5 Å². The van der Waals surface area contributed by atoms with E-state index in [9.17, 15) is 9.59 Å². The van der Waals surface area contributed by atoms with Gasteiger partial charge in [0.2, 0.25) is 0 Å². The molecule has 0 aliphatic rings. The van der Waals surface area contributed by atoms with Crippen molar-refractivity contribution in [3.63, 3.8) is 0 Å². The van der Waals surface area contributed by atoms with E-state index in [1.54, 1.807) is 24.3 Å². The topological polar surface area (TPSA) is 151 Å². The van der Waals surface area contributed by atoms with E-state index in [1.807, 2.05) is 0 Å². The third kappa shape index (κ3) is 2.77. The van der Waals surface area contributed by atoms with E-state index < -0.39 is 12.1 Å². The number of carbonyl (C=O) groups is 2. The molecule has 0 unspecified atom stereocenters. The van der Waals surface area contributed by atoms with Crippen LogP contribution in [0.1, 0.15) is 0 Å². The first-order valence-electron chi connectivity index (χ1n) is 5.21. The van der Waals surface area contributed by atoms with Gasteiger partial charge in [0.15, 0.2) is 5.82 Å². The predicted molar refractivity (Wildman–Crippen MR) is 68.7 cm³/mol. The van der Waals surface area contributed by atoms with Gasteiger partial charge in [0.25, 0.3) is 0 Å². The number of nitrogens with one attached hydrogen (secondary N) is 3. The Kier molecular flexibility index (Phi) is 3.28. The molecule has 0 spiro atoms. The largest absolute Gasteiger partial charge is 0.357 e. The highest BCUT2D eigenvalue weighted by molar-refractivity contribution is 6.00. The standard InChI is InChI=1S/C10H11N7O2/c11-9(18)16-14-7-5-3-1-2-4-6(5)8(13-7)15-17-10(12)19/h1-4,13-14H,(H2,12,19)(H3,11,16,18)/b17-15+. The summed E-state index contributed by atoms with van der Waals surface area (Å²) in [5, 5.41) is 8.39. The molecule has 0 atom stereocenters. The number of aromatic nitrogens is 1. The molecule has 1 aromatic heterocycles.